The number of hydrogen-bond acceptors (Lipinski definition) is 11. The monoisotopic (exact) mass is 581 g/mol. The number of aromatic nitrogens is 2. The van der Waals surface area contributed by atoms with Crippen LogP contribution in [0.3, 0.4) is 0 Å². The second-order valence-corrected chi connectivity index (χ2v) is 8.84. The number of carbonyl (C=O) groups is 5. The van der Waals surface area contributed by atoms with E-state index in [4.69, 9.17) is 14.3 Å². The van der Waals surface area contributed by atoms with E-state index in [2.05, 4.69) is 10.4 Å². The van der Waals surface area contributed by atoms with Crippen molar-refractivity contribution in [3.63, 3.8) is 0 Å². The zero-order valence-electron chi connectivity index (χ0n) is 22.9. The van der Waals surface area contributed by atoms with Gasteiger partial charge in [-0.3, -0.25) is 14.9 Å². The molecule has 3 heterocycles. The van der Waals surface area contributed by atoms with Gasteiger partial charge in [-0.05, 0) is 38.1 Å². The fraction of sp³-hybridized carbons (Fsp3) is 0.286. The maximum atomic E-state index is 13.7. The van der Waals surface area contributed by atoms with Crippen molar-refractivity contribution in [2.45, 2.75) is 13.8 Å². The predicted octanol–water partition coefficient (Wildman–Crippen LogP) is 2.45. The summed E-state index contributed by atoms with van der Waals surface area (Å²) in [4.78, 5) is 64.3. The number of piperazine rings is 1. The number of benzene rings is 2. The van der Waals surface area contributed by atoms with Crippen molar-refractivity contribution in [2.24, 2.45) is 0 Å². The van der Waals surface area contributed by atoms with Crippen molar-refractivity contribution in [1.82, 2.24) is 20.2 Å². The Balaban J connectivity index is 0.000000305. The minimum atomic E-state index is -0.690. The molecule has 0 aliphatic carbocycles. The summed E-state index contributed by atoms with van der Waals surface area (Å²) in [5.74, 6) is -1.89. The molecule has 2 aliphatic heterocycles. The Hall–Kier alpha value is -5.11. The van der Waals surface area contributed by atoms with Gasteiger partial charge in [0.25, 0.3) is 11.8 Å². The summed E-state index contributed by atoms with van der Waals surface area (Å²) in [6.45, 7) is 5.35. The highest BCUT2D eigenvalue weighted by Crippen LogP contribution is 2.28. The van der Waals surface area contributed by atoms with E-state index >= 15 is 0 Å². The van der Waals surface area contributed by atoms with Crippen LogP contribution in [-0.4, -0.2) is 84.1 Å². The first kappa shape index (κ1) is 29.9. The number of carbonyl (C=O) groups excluding carboxylic acids is 5. The van der Waals surface area contributed by atoms with E-state index in [-0.39, 0.29) is 25.0 Å². The van der Waals surface area contributed by atoms with Crippen LogP contribution in [0, 0.1) is 5.82 Å². The van der Waals surface area contributed by atoms with Gasteiger partial charge in [0.05, 0.1) is 42.9 Å². The second kappa shape index (κ2) is 13.5. The third-order valence-corrected chi connectivity index (χ3v) is 6.11. The van der Waals surface area contributed by atoms with Gasteiger partial charge in [0.2, 0.25) is 0 Å². The number of anilines is 1. The average Bonchev–Trinajstić information content (AvgIpc) is 3.49. The third kappa shape index (κ3) is 6.96. The van der Waals surface area contributed by atoms with Crippen LogP contribution in [0.2, 0.25) is 0 Å². The van der Waals surface area contributed by atoms with Crippen molar-refractivity contribution < 1.29 is 42.7 Å². The van der Waals surface area contributed by atoms with Gasteiger partial charge in [0.1, 0.15) is 5.82 Å². The molecular weight excluding hydrogens is 553 g/mol. The Morgan fingerprint density at radius 3 is 2.14 bits per heavy atom. The van der Waals surface area contributed by atoms with Crippen LogP contribution in [0.1, 0.15) is 34.6 Å². The summed E-state index contributed by atoms with van der Waals surface area (Å²) in [5.41, 5.74) is 1.25. The molecule has 2 amide bonds. The number of hydrogen-bond donors (Lipinski definition) is 1. The molecule has 13 nitrogen and oxygen atoms in total. The van der Waals surface area contributed by atoms with E-state index in [0.717, 1.165) is 16.8 Å². The van der Waals surface area contributed by atoms with E-state index in [1.165, 1.54) is 17.2 Å². The summed E-state index contributed by atoms with van der Waals surface area (Å²) in [6.07, 6.45) is 1.33. The van der Waals surface area contributed by atoms with Crippen LogP contribution in [0.15, 0.2) is 54.6 Å². The molecule has 1 aromatic heterocycles. The van der Waals surface area contributed by atoms with Crippen LogP contribution < -0.4 is 10.2 Å². The SMILES string of the molecule is CCOC(=O)/C=C\C(=O)ON1CCN(c2nn(C(=O)OCC)c3cc(F)ccc23)CC1.O=C1NC(=O)c2ccccc21. The topological polar surface area (TPSA) is 149 Å². The highest BCUT2D eigenvalue weighted by Gasteiger charge is 2.26. The molecule has 2 aromatic carbocycles. The number of rotatable bonds is 6. The van der Waals surface area contributed by atoms with Crippen molar-refractivity contribution in [3.8, 4) is 0 Å². The van der Waals surface area contributed by atoms with Crippen LogP contribution in [0.4, 0.5) is 15.0 Å². The standard InChI is InChI=1S/C20H23FN4O6.C8H5NO2/c1-3-29-17(26)7-8-18(27)31-24-11-9-23(10-12-24)19-15-6-5-14(21)13-16(15)25(22-19)20(28)30-4-2;10-7-5-3-1-2-4-6(5)8(11)9-7/h5-8,13H,3-4,9-12H2,1-2H3;1-4H,(H,9,10,11)/b8-7-;. The molecule has 42 heavy (non-hydrogen) atoms. The fourth-order valence-corrected chi connectivity index (χ4v) is 4.22. The number of nitrogens with one attached hydrogen (secondary N) is 1. The number of hydroxylamine groups is 2. The Labute approximate surface area is 239 Å². The lowest BCUT2D eigenvalue weighted by Crippen LogP contribution is -2.47. The van der Waals surface area contributed by atoms with Gasteiger partial charge >= 0.3 is 18.0 Å². The lowest BCUT2D eigenvalue weighted by molar-refractivity contribution is -0.185. The van der Waals surface area contributed by atoms with Gasteiger partial charge < -0.3 is 19.2 Å². The molecule has 0 bridgehead atoms. The number of amides is 2. The zero-order chi connectivity index (χ0) is 30.2. The van der Waals surface area contributed by atoms with E-state index in [1.807, 2.05) is 4.90 Å². The van der Waals surface area contributed by atoms with Crippen molar-refractivity contribution in [3.05, 3.63) is 71.6 Å². The number of ether oxygens (including phenoxy) is 2. The van der Waals surface area contributed by atoms with Crippen molar-refractivity contribution >= 4 is 46.6 Å². The predicted molar refractivity (Wildman–Crippen MR) is 146 cm³/mol. The molecule has 2 aliphatic rings. The highest BCUT2D eigenvalue weighted by molar-refractivity contribution is 6.21. The minimum absolute atomic E-state index is 0.166. The maximum absolute atomic E-state index is 13.7. The summed E-state index contributed by atoms with van der Waals surface area (Å²) < 4.78 is 24.5. The molecule has 0 saturated carbocycles. The quantitative estimate of drug-likeness (QED) is 0.260. The molecule has 14 heteroatoms. The molecule has 0 unspecified atom stereocenters. The van der Waals surface area contributed by atoms with E-state index < -0.39 is 23.8 Å². The van der Waals surface area contributed by atoms with Gasteiger partial charge in [-0.1, -0.05) is 12.1 Å². The molecular formula is C28H28FN5O8. The van der Waals surface area contributed by atoms with Gasteiger partial charge in [-0.2, -0.15) is 4.68 Å². The first-order chi connectivity index (χ1) is 20.2. The largest absolute Gasteiger partial charge is 0.463 e. The number of esters is 1. The van der Waals surface area contributed by atoms with Gasteiger partial charge in [0.15, 0.2) is 5.82 Å². The summed E-state index contributed by atoms with van der Waals surface area (Å²) in [7, 11) is 0. The molecule has 0 atom stereocenters. The molecule has 0 radical (unpaired) electrons. The molecule has 0 spiro atoms. The first-order valence-electron chi connectivity index (χ1n) is 13.1. The first-order valence-corrected chi connectivity index (χ1v) is 13.1. The lowest BCUT2D eigenvalue weighted by Gasteiger charge is -2.33. The molecule has 5 rings (SSSR count). The molecule has 220 valence electrons. The zero-order valence-corrected chi connectivity index (χ0v) is 22.9. The van der Waals surface area contributed by atoms with E-state index in [1.54, 1.807) is 44.2 Å². The van der Waals surface area contributed by atoms with Gasteiger partial charge in [-0.15, -0.1) is 10.2 Å². The van der Waals surface area contributed by atoms with Crippen molar-refractivity contribution in [1.29, 1.82) is 0 Å². The summed E-state index contributed by atoms with van der Waals surface area (Å²) >= 11 is 0. The summed E-state index contributed by atoms with van der Waals surface area (Å²) in [5, 5.41) is 8.62. The molecule has 3 aromatic rings. The smallest absolute Gasteiger partial charge is 0.435 e. The third-order valence-electron chi connectivity index (χ3n) is 6.11. The van der Waals surface area contributed by atoms with Gasteiger partial charge in [-0.25, -0.2) is 18.8 Å². The molecule has 1 fully saturated rings. The fourth-order valence-electron chi connectivity index (χ4n) is 4.22. The normalized spacial score (nSPS) is 14.7. The molecule has 1 N–H and O–H groups in total. The number of fused-ring (bicyclic) bond motifs is 2. The molecule has 1 saturated heterocycles. The van der Waals surface area contributed by atoms with Crippen molar-refractivity contribution in [2.75, 3.05) is 44.3 Å². The highest BCUT2D eigenvalue weighted by atomic mass is 19.1. The number of imide groups is 1. The number of halogens is 1. The second-order valence-electron chi connectivity index (χ2n) is 8.84. The minimum Gasteiger partial charge on any atom is -0.463 e. The Kier molecular flexibility index (Phi) is 9.60. The van der Waals surface area contributed by atoms with Crippen LogP contribution >= 0.6 is 0 Å². The lowest BCUT2D eigenvalue weighted by atomic mass is 10.1. The van der Waals surface area contributed by atoms with Crippen LogP contribution in [0.25, 0.3) is 10.9 Å². The number of nitrogens with zero attached hydrogens (tertiary/aromatic N) is 4. The van der Waals surface area contributed by atoms with Gasteiger partial charge in [0, 0.05) is 36.7 Å². The summed E-state index contributed by atoms with van der Waals surface area (Å²) in [6, 6.07) is 10.8. The van der Waals surface area contributed by atoms with E-state index in [9.17, 15) is 28.4 Å². The Morgan fingerprint density at radius 1 is 0.905 bits per heavy atom. The van der Waals surface area contributed by atoms with E-state index in [0.29, 0.717) is 54.0 Å². The Bertz CT molecular complexity index is 1510. The average molecular weight is 582 g/mol. The van der Waals surface area contributed by atoms with Crippen LogP contribution in [-0.2, 0) is 23.9 Å². The Morgan fingerprint density at radius 2 is 1.52 bits per heavy atom. The van der Waals surface area contributed by atoms with Crippen LogP contribution in [0.5, 0.6) is 0 Å². The maximum Gasteiger partial charge on any atom is 0.435 e.